The number of benzene rings is 1. The van der Waals surface area contributed by atoms with Crippen LogP contribution >= 0.6 is 0 Å². The molecule has 2 saturated heterocycles. The van der Waals surface area contributed by atoms with E-state index in [2.05, 4.69) is 21.3 Å². The number of aromatic nitrogens is 1. The zero-order chi connectivity index (χ0) is 20.3. The maximum absolute atomic E-state index is 14.1. The Bertz CT molecular complexity index is 994. The van der Waals surface area contributed by atoms with Gasteiger partial charge in [-0.2, -0.15) is 18.4 Å². The van der Waals surface area contributed by atoms with E-state index in [1.165, 1.54) is 0 Å². The molecular formula is C21H22F3N5. The number of hydrogen-bond acceptors (Lipinski definition) is 5. The highest BCUT2D eigenvalue weighted by Crippen LogP contribution is 2.75. The second-order valence-electron chi connectivity index (χ2n) is 8.58. The molecule has 5 nitrogen and oxygen atoms in total. The van der Waals surface area contributed by atoms with Gasteiger partial charge in [0.15, 0.2) is 0 Å². The third-order valence-electron chi connectivity index (χ3n) is 6.91. The predicted octanol–water partition coefficient (Wildman–Crippen LogP) is 2.77. The van der Waals surface area contributed by atoms with Crippen LogP contribution in [0, 0.1) is 22.2 Å². The minimum Gasteiger partial charge on any atom is -0.355 e. The summed E-state index contributed by atoms with van der Waals surface area (Å²) in [7, 11) is 0. The molecule has 5 rings (SSSR count). The zero-order valence-electron chi connectivity index (χ0n) is 16.0. The number of anilines is 1. The van der Waals surface area contributed by atoms with Crippen molar-refractivity contribution in [3.63, 3.8) is 0 Å². The van der Waals surface area contributed by atoms with Crippen LogP contribution in [0.2, 0.25) is 0 Å². The molecule has 2 aliphatic heterocycles. The molecule has 1 aromatic heterocycles. The Kier molecular flexibility index (Phi) is 4.06. The molecule has 2 unspecified atom stereocenters. The summed E-state index contributed by atoms with van der Waals surface area (Å²) in [6.45, 7) is 3.98. The third kappa shape index (κ3) is 2.79. The monoisotopic (exact) mass is 401 g/mol. The van der Waals surface area contributed by atoms with Gasteiger partial charge in [-0.1, -0.05) is 12.1 Å². The fourth-order valence-electron chi connectivity index (χ4n) is 5.32. The Labute approximate surface area is 167 Å². The minimum atomic E-state index is -4.23. The summed E-state index contributed by atoms with van der Waals surface area (Å²) >= 11 is 0. The molecule has 152 valence electrons. The summed E-state index contributed by atoms with van der Waals surface area (Å²) in [6, 6.07) is 11.1. The fraction of sp³-hybridized carbons (Fsp3) is 0.524. The highest BCUT2D eigenvalue weighted by Gasteiger charge is 2.83. The number of halogens is 3. The van der Waals surface area contributed by atoms with E-state index in [0.717, 1.165) is 31.6 Å². The number of para-hydroxylation sites is 1. The molecule has 0 bridgehead atoms. The van der Waals surface area contributed by atoms with Crippen molar-refractivity contribution in [1.29, 1.82) is 5.26 Å². The van der Waals surface area contributed by atoms with Gasteiger partial charge in [0.25, 0.3) is 0 Å². The van der Waals surface area contributed by atoms with Crippen LogP contribution in [0.1, 0.15) is 12.0 Å². The largest absolute Gasteiger partial charge is 0.396 e. The standard InChI is InChI=1S/C21H22F3N5/c22-21(23,24)20-11-19(20,12-28-8-6-26-7-9-28)13-29(14-20)17-5-4-15-2-1-3-16(10-25)18(15)27-17/h1-5,26H,6-9,11-14H2. The molecule has 3 fully saturated rings. The van der Waals surface area contributed by atoms with E-state index in [1.807, 2.05) is 12.1 Å². The quantitative estimate of drug-likeness (QED) is 0.857. The first-order valence-electron chi connectivity index (χ1n) is 9.92. The van der Waals surface area contributed by atoms with Gasteiger partial charge in [0, 0.05) is 56.6 Å². The van der Waals surface area contributed by atoms with E-state index in [-0.39, 0.29) is 13.0 Å². The summed E-state index contributed by atoms with van der Waals surface area (Å²) in [6.07, 6.45) is -4.04. The number of rotatable bonds is 3. The summed E-state index contributed by atoms with van der Waals surface area (Å²) in [5.74, 6) is 0.524. The first kappa shape index (κ1) is 18.6. The van der Waals surface area contributed by atoms with E-state index >= 15 is 0 Å². The lowest BCUT2D eigenvalue weighted by atomic mass is 9.94. The third-order valence-corrected chi connectivity index (χ3v) is 6.91. The van der Waals surface area contributed by atoms with Crippen LogP contribution in [-0.4, -0.2) is 61.9 Å². The number of alkyl halides is 3. The predicted molar refractivity (Wildman–Crippen MR) is 104 cm³/mol. The molecule has 1 aromatic carbocycles. The van der Waals surface area contributed by atoms with E-state index in [0.29, 0.717) is 30.0 Å². The van der Waals surface area contributed by atoms with Crippen molar-refractivity contribution in [2.75, 3.05) is 50.7 Å². The first-order chi connectivity index (χ1) is 13.9. The van der Waals surface area contributed by atoms with Gasteiger partial charge in [0.05, 0.1) is 16.5 Å². The summed E-state index contributed by atoms with van der Waals surface area (Å²) in [5, 5.41) is 13.4. The molecule has 8 heteroatoms. The molecule has 3 aliphatic rings. The number of fused-ring (bicyclic) bond motifs is 2. The molecule has 0 amide bonds. The molecule has 2 aromatic rings. The van der Waals surface area contributed by atoms with Crippen molar-refractivity contribution in [3.8, 4) is 6.07 Å². The van der Waals surface area contributed by atoms with Crippen LogP contribution in [0.25, 0.3) is 10.9 Å². The van der Waals surface area contributed by atoms with Crippen molar-refractivity contribution in [3.05, 3.63) is 35.9 Å². The van der Waals surface area contributed by atoms with Crippen LogP contribution < -0.4 is 10.2 Å². The van der Waals surface area contributed by atoms with E-state index < -0.39 is 17.0 Å². The van der Waals surface area contributed by atoms with Crippen LogP contribution in [0.5, 0.6) is 0 Å². The number of pyridine rings is 1. The molecule has 2 atom stereocenters. The summed E-state index contributed by atoms with van der Waals surface area (Å²) in [4.78, 5) is 8.52. The Morgan fingerprint density at radius 3 is 2.66 bits per heavy atom. The fourth-order valence-corrected chi connectivity index (χ4v) is 5.32. The van der Waals surface area contributed by atoms with Crippen LogP contribution in [0.15, 0.2) is 30.3 Å². The number of nitrogens with zero attached hydrogens (tertiary/aromatic N) is 4. The number of piperidine rings is 1. The van der Waals surface area contributed by atoms with E-state index in [9.17, 15) is 18.4 Å². The highest BCUT2D eigenvalue weighted by molar-refractivity contribution is 5.85. The van der Waals surface area contributed by atoms with Crippen molar-refractivity contribution in [2.24, 2.45) is 10.8 Å². The Morgan fingerprint density at radius 1 is 1.14 bits per heavy atom. The van der Waals surface area contributed by atoms with Gasteiger partial charge >= 0.3 is 6.18 Å². The molecule has 1 N–H and O–H groups in total. The van der Waals surface area contributed by atoms with E-state index in [4.69, 9.17) is 0 Å². The normalized spacial score (nSPS) is 29.7. The van der Waals surface area contributed by atoms with Gasteiger partial charge in [-0.3, -0.25) is 0 Å². The van der Waals surface area contributed by atoms with Gasteiger partial charge in [-0.15, -0.1) is 0 Å². The van der Waals surface area contributed by atoms with Gasteiger partial charge < -0.3 is 15.1 Å². The number of nitriles is 1. The highest BCUT2D eigenvalue weighted by atomic mass is 19.4. The lowest BCUT2D eigenvalue weighted by molar-refractivity contribution is -0.191. The van der Waals surface area contributed by atoms with Crippen LogP contribution in [0.4, 0.5) is 19.0 Å². The van der Waals surface area contributed by atoms with Gasteiger partial charge in [-0.05, 0) is 24.6 Å². The maximum Gasteiger partial charge on any atom is 0.396 e. The van der Waals surface area contributed by atoms with Crippen molar-refractivity contribution in [1.82, 2.24) is 15.2 Å². The molecule has 29 heavy (non-hydrogen) atoms. The number of nitrogens with one attached hydrogen (secondary N) is 1. The SMILES string of the molecule is N#Cc1cccc2ccc(N3CC4(CN5CCNCC5)CC4(C(F)(F)F)C3)nc12. The lowest BCUT2D eigenvalue weighted by Crippen LogP contribution is -2.47. The number of hydrogen-bond donors (Lipinski definition) is 1. The van der Waals surface area contributed by atoms with Crippen molar-refractivity contribution < 1.29 is 13.2 Å². The number of piperazine rings is 1. The molecule has 3 heterocycles. The van der Waals surface area contributed by atoms with Crippen molar-refractivity contribution in [2.45, 2.75) is 12.6 Å². The topological polar surface area (TPSA) is 55.2 Å². The molecular weight excluding hydrogens is 379 g/mol. The minimum absolute atomic E-state index is 0.0597. The zero-order valence-corrected chi connectivity index (χ0v) is 16.0. The van der Waals surface area contributed by atoms with Crippen molar-refractivity contribution >= 4 is 16.7 Å². The first-order valence-corrected chi connectivity index (χ1v) is 9.92. The Morgan fingerprint density at radius 2 is 1.93 bits per heavy atom. The summed E-state index contributed by atoms with van der Waals surface area (Å²) in [5.41, 5.74) is -1.44. The second kappa shape index (κ2) is 6.31. The smallest absolute Gasteiger partial charge is 0.355 e. The van der Waals surface area contributed by atoms with Crippen LogP contribution in [0.3, 0.4) is 0 Å². The maximum atomic E-state index is 14.1. The average molecular weight is 401 g/mol. The molecule has 0 spiro atoms. The molecule has 1 saturated carbocycles. The van der Waals surface area contributed by atoms with Gasteiger partial charge in [-0.25, -0.2) is 4.98 Å². The van der Waals surface area contributed by atoms with Gasteiger partial charge in [0.1, 0.15) is 11.9 Å². The Hall–Kier alpha value is -2.37. The molecule has 1 aliphatic carbocycles. The van der Waals surface area contributed by atoms with Crippen LogP contribution in [-0.2, 0) is 0 Å². The second-order valence-corrected chi connectivity index (χ2v) is 8.58. The average Bonchev–Trinajstić information content (AvgIpc) is 3.23. The Balaban J connectivity index is 1.47. The van der Waals surface area contributed by atoms with Gasteiger partial charge in [0.2, 0.25) is 0 Å². The van der Waals surface area contributed by atoms with E-state index in [1.54, 1.807) is 23.1 Å². The lowest BCUT2D eigenvalue weighted by Gasteiger charge is -2.32. The summed E-state index contributed by atoms with van der Waals surface area (Å²) < 4.78 is 42.4. The molecule has 0 radical (unpaired) electrons.